The van der Waals surface area contributed by atoms with Crippen molar-refractivity contribution in [3.05, 3.63) is 77.6 Å². The maximum atomic E-state index is 14.8. The maximum absolute atomic E-state index is 14.8. The Morgan fingerprint density at radius 3 is 2.59 bits per heavy atom. The second-order valence-electron chi connectivity index (χ2n) is 7.15. The molecular formula is C22H16F2N4O. The lowest BCUT2D eigenvalue weighted by Gasteiger charge is -2.18. The van der Waals surface area contributed by atoms with E-state index in [1.807, 2.05) is 6.07 Å². The van der Waals surface area contributed by atoms with Crippen molar-refractivity contribution in [3.8, 4) is 28.7 Å². The highest BCUT2D eigenvalue weighted by molar-refractivity contribution is 5.70. The van der Waals surface area contributed by atoms with E-state index in [4.69, 9.17) is 0 Å². The summed E-state index contributed by atoms with van der Waals surface area (Å²) in [6.07, 6.45) is 3.10. The minimum Gasteiger partial charge on any atom is -0.386 e. The number of imidazole rings is 1. The van der Waals surface area contributed by atoms with E-state index in [0.717, 1.165) is 0 Å². The third-order valence-corrected chi connectivity index (χ3v) is 4.67. The van der Waals surface area contributed by atoms with Crippen LogP contribution in [0.3, 0.4) is 0 Å². The molecule has 0 fully saturated rings. The van der Waals surface area contributed by atoms with Gasteiger partial charge < -0.3 is 5.11 Å². The van der Waals surface area contributed by atoms with Crippen LogP contribution in [0.15, 0.2) is 54.9 Å². The molecule has 0 unspecified atom stereocenters. The summed E-state index contributed by atoms with van der Waals surface area (Å²) >= 11 is 0. The lowest BCUT2D eigenvalue weighted by molar-refractivity contribution is 0.0746. The summed E-state index contributed by atoms with van der Waals surface area (Å²) in [5.41, 5.74) is 0.964. The minimum absolute atomic E-state index is 0.0651. The smallest absolute Gasteiger partial charge is 0.174 e. The molecule has 0 aliphatic rings. The number of hydrogen-bond donors (Lipinski definition) is 1. The lowest BCUT2D eigenvalue weighted by atomic mass is 9.99. The van der Waals surface area contributed by atoms with Gasteiger partial charge in [0.1, 0.15) is 5.82 Å². The normalized spacial score (nSPS) is 11.6. The van der Waals surface area contributed by atoms with Gasteiger partial charge in [0.15, 0.2) is 11.5 Å². The molecular weight excluding hydrogens is 374 g/mol. The van der Waals surface area contributed by atoms with Gasteiger partial charge in [0.25, 0.3) is 0 Å². The molecule has 4 rings (SSSR count). The molecule has 4 aromatic rings. The molecule has 144 valence electrons. The first-order chi connectivity index (χ1) is 13.8. The Bertz CT molecular complexity index is 1280. The summed E-state index contributed by atoms with van der Waals surface area (Å²) in [6.45, 7) is 3.01. The number of nitrogens with zero attached hydrogens (tertiary/aromatic N) is 4. The Hall–Kier alpha value is -3.63. The Morgan fingerprint density at radius 2 is 1.86 bits per heavy atom. The van der Waals surface area contributed by atoms with Crippen molar-refractivity contribution in [1.82, 2.24) is 14.4 Å². The summed E-state index contributed by atoms with van der Waals surface area (Å²) in [4.78, 5) is 8.68. The topological polar surface area (TPSA) is 74.2 Å². The van der Waals surface area contributed by atoms with Crippen molar-refractivity contribution in [1.29, 1.82) is 5.26 Å². The van der Waals surface area contributed by atoms with Crippen molar-refractivity contribution in [2.45, 2.75) is 19.4 Å². The highest BCUT2D eigenvalue weighted by Gasteiger charge is 2.24. The largest absolute Gasteiger partial charge is 0.386 e. The zero-order valence-electron chi connectivity index (χ0n) is 15.7. The van der Waals surface area contributed by atoms with Crippen molar-refractivity contribution in [3.63, 3.8) is 0 Å². The Balaban J connectivity index is 1.87. The third kappa shape index (κ3) is 3.24. The fourth-order valence-electron chi connectivity index (χ4n) is 3.23. The van der Waals surface area contributed by atoms with Crippen LogP contribution in [0.4, 0.5) is 8.78 Å². The van der Waals surface area contributed by atoms with Crippen molar-refractivity contribution in [2.75, 3.05) is 0 Å². The quantitative estimate of drug-likeness (QED) is 0.561. The molecule has 7 heteroatoms. The first-order valence-corrected chi connectivity index (χ1v) is 8.85. The molecule has 1 aromatic carbocycles. The van der Waals surface area contributed by atoms with Gasteiger partial charge in [0.05, 0.1) is 40.5 Å². The van der Waals surface area contributed by atoms with E-state index in [0.29, 0.717) is 28.2 Å². The summed E-state index contributed by atoms with van der Waals surface area (Å²) in [5.74, 6) is -1.08. The second-order valence-corrected chi connectivity index (χ2v) is 7.15. The molecule has 0 spiro atoms. The SMILES string of the molecule is CC(C)(O)c1ccn2c(-c3cccc(-c4cc(F)ccc4C#N)n3)cnc2c1F. The van der Waals surface area contributed by atoms with Crippen LogP contribution in [0, 0.1) is 23.0 Å². The van der Waals surface area contributed by atoms with Crippen molar-refractivity contribution in [2.24, 2.45) is 0 Å². The minimum atomic E-state index is -1.35. The lowest BCUT2D eigenvalue weighted by Crippen LogP contribution is -2.18. The highest BCUT2D eigenvalue weighted by Crippen LogP contribution is 2.29. The van der Waals surface area contributed by atoms with Crippen LogP contribution in [0.5, 0.6) is 0 Å². The molecule has 0 saturated heterocycles. The molecule has 0 saturated carbocycles. The van der Waals surface area contributed by atoms with E-state index in [9.17, 15) is 19.1 Å². The van der Waals surface area contributed by atoms with Crippen molar-refractivity contribution < 1.29 is 13.9 Å². The van der Waals surface area contributed by atoms with Gasteiger partial charge >= 0.3 is 0 Å². The number of benzene rings is 1. The monoisotopic (exact) mass is 390 g/mol. The van der Waals surface area contributed by atoms with Gasteiger partial charge in [-0.1, -0.05) is 6.07 Å². The highest BCUT2D eigenvalue weighted by atomic mass is 19.1. The maximum Gasteiger partial charge on any atom is 0.174 e. The third-order valence-electron chi connectivity index (χ3n) is 4.67. The van der Waals surface area contributed by atoms with E-state index < -0.39 is 17.2 Å². The Morgan fingerprint density at radius 1 is 1.10 bits per heavy atom. The number of aliphatic hydroxyl groups is 1. The molecule has 0 atom stereocenters. The van der Waals surface area contributed by atoms with Crippen LogP contribution < -0.4 is 0 Å². The van der Waals surface area contributed by atoms with Crippen LogP contribution in [0.1, 0.15) is 25.0 Å². The van der Waals surface area contributed by atoms with Crippen LogP contribution in [0.25, 0.3) is 28.3 Å². The van der Waals surface area contributed by atoms with Crippen LogP contribution in [-0.4, -0.2) is 19.5 Å². The van der Waals surface area contributed by atoms with Crippen LogP contribution >= 0.6 is 0 Å². The zero-order valence-corrected chi connectivity index (χ0v) is 15.7. The zero-order chi connectivity index (χ0) is 20.8. The molecule has 0 bridgehead atoms. The van der Waals surface area contributed by atoms with Gasteiger partial charge in [-0.15, -0.1) is 0 Å². The number of halogens is 2. The number of hydrogen-bond acceptors (Lipinski definition) is 4. The predicted molar refractivity (Wildman–Crippen MR) is 104 cm³/mol. The first kappa shape index (κ1) is 18.7. The standard InChI is InChI=1S/C22H16F2N4O/c1-22(2,29)16-8-9-28-19(12-26-21(28)20(16)24)18-5-3-4-17(27-18)15-10-14(23)7-6-13(15)11-25/h3-10,12,29H,1-2H3. The predicted octanol–water partition coefficient (Wildman–Crippen LogP) is 4.44. The van der Waals surface area contributed by atoms with Gasteiger partial charge in [-0.25, -0.2) is 18.7 Å². The summed E-state index contributed by atoms with van der Waals surface area (Å²) in [5, 5.41) is 19.5. The van der Waals surface area contributed by atoms with Gasteiger partial charge in [-0.05, 0) is 50.2 Å². The average molecular weight is 390 g/mol. The summed E-state index contributed by atoms with van der Waals surface area (Å²) < 4.78 is 30.1. The molecule has 0 radical (unpaired) electrons. The molecule has 3 heterocycles. The first-order valence-electron chi connectivity index (χ1n) is 8.85. The van der Waals surface area contributed by atoms with Gasteiger partial charge in [-0.2, -0.15) is 5.26 Å². The molecule has 0 amide bonds. The molecule has 0 aliphatic carbocycles. The molecule has 5 nitrogen and oxygen atoms in total. The Labute approximate surface area is 165 Å². The second kappa shape index (κ2) is 6.76. The van der Waals surface area contributed by atoms with Gasteiger partial charge in [0, 0.05) is 17.3 Å². The van der Waals surface area contributed by atoms with E-state index >= 15 is 0 Å². The van der Waals surface area contributed by atoms with Crippen LogP contribution in [0.2, 0.25) is 0 Å². The number of rotatable bonds is 3. The van der Waals surface area contributed by atoms with E-state index in [-0.39, 0.29) is 11.2 Å². The number of fused-ring (bicyclic) bond motifs is 1. The van der Waals surface area contributed by atoms with E-state index in [1.54, 1.807) is 24.4 Å². The van der Waals surface area contributed by atoms with Gasteiger partial charge in [0.2, 0.25) is 0 Å². The number of pyridine rings is 2. The molecule has 3 aromatic heterocycles. The Kier molecular flexibility index (Phi) is 4.36. The van der Waals surface area contributed by atoms with E-state index in [1.165, 1.54) is 48.7 Å². The van der Waals surface area contributed by atoms with Crippen LogP contribution in [-0.2, 0) is 5.60 Å². The summed E-state index contributed by atoms with van der Waals surface area (Å²) in [6, 6.07) is 12.5. The number of aromatic nitrogens is 3. The molecule has 29 heavy (non-hydrogen) atoms. The summed E-state index contributed by atoms with van der Waals surface area (Å²) in [7, 11) is 0. The van der Waals surface area contributed by atoms with Gasteiger partial charge in [-0.3, -0.25) is 4.40 Å². The fourth-order valence-corrected chi connectivity index (χ4v) is 3.23. The number of nitriles is 1. The fraction of sp³-hybridized carbons (Fsp3) is 0.136. The van der Waals surface area contributed by atoms with Crippen molar-refractivity contribution >= 4 is 5.65 Å². The molecule has 0 aliphatic heterocycles. The molecule has 1 N–H and O–H groups in total. The average Bonchev–Trinajstić information content (AvgIpc) is 3.12. The van der Waals surface area contributed by atoms with E-state index in [2.05, 4.69) is 9.97 Å².